The van der Waals surface area contributed by atoms with Gasteiger partial charge >= 0.3 is 5.97 Å². The van der Waals surface area contributed by atoms with Gasteiger partial charge in [0.1, 0.15) is 0 Å². The van der Waals surface area contributed by atoms with Gasteiger partial charge in [-0.05, 0) is 31.8 Å². The Morgan fingerprint density at radius 1 is 1.25 bits per heavy atom. The first-order valence-corrected chi connectivity index (χ1v) is 9.05. The number of carboxylic acid groups (broad SMARTS) is 1. The van der Waals surface area contributed by atoms with Crippen LogP contribution in [0.2, 0.25) is 0 Å². The fraction of sp³-hybridized carbons (Fsp3) is 0.600. The number of carbonyl (C=O) groups excluding carboxylic acids is 1. The Morgan fingerprint density at radius 2 is 2.04 bits per heavy atom. The number of carbonyl (C=O) groups is 2. The summed E-state index contributed by atoms with van der Waals surface area (Å²) in [5.41, 5.74) is 0.769. The van der Waals surface area contributed by atoms with Gasteiger partial charge in [0.2, 0.25) is 0 Å². The summed E-state index contributed by atoms with van der Waals surface area (Å²) < 4.78 is 0. The minimum atomic E-state index is -0.758. The highest BCUT2D eigenvalue weighted by molar-refractivity contribution is 6.07. The number of hydrogen-bond donors (Lipinski definition) is 2. The van der Waals surface area contributed by atoms with Crippen LogP contribution in [0.1, 0.15) is 64.7 Å². The Labute approximate surface area is 145 Å². The molecular formula is C20H30O4. The third-order valence-corrected chi connectivity index (χ3v) is 4.20. The first-order chi connectivity index (χ1) is 11.5. The second-order valence-electron chi connectivity index (χ2n) is 6.35. The smallest absolute Gasteiger partial charge is 0.303 e. The van der Waals surface area contributed by atoms with Crippen LogP contribution in [0, 0.1) is 5.92 Å². The molecule has 0 radical (unpaired) electrons. The van der Waals surface area contributed by atoms with Crippen molar-refractivity contribution in [1.82, 2.24) is 0 Å². The van der Waals surface area contributed by atoms with Crippen molar-refractivity contribution in [3.05, 3.63) is 36.0 Å². The third kappa shape index (κ3) is 8.25. The molecule has 1 aliphatic rings. The lowest BCUT2D eigenvalue weighted by Crippen LogP contribution is -2.05. The molecule has 0 heterocycles. The minimum Gasteiger partial charge on any atom is -0.481 e. The van der Waals surface area contributed by atoms with E-state index in [1.807, 2.05) is 18.2 Å². The normalized spacial score (nSPS) is 20.3. The van der Waals surface area contributed by atoms with Gasteiger partial charge in [-0.25, -0.2) is 0 Å². The maximum atomic E-state index is 11.9. The molecule has 0 saturated heterocycles. The fourth-order valence-corrected chi connectivity index (χ4v) is 2.76. The van der Waals surface area contributed by atoms with Crippen molar-refractivity contribution >= 4 is 11.8 Å². The third-order valence-electron chi connectivity index (χ3n) is 4.20. The summed E-state index contributed by atoms with van der Waals surface area (Å²) in [5, 5.41) is 18.5. The number of carboxylic acids is 1. The zero-order valence-electron chi connectivity index (χ0n) is 14.6. The van der Waals surface area contributed by atoms with Crippen LogP contribution in [0.3, 0.4) is 0 Å². The number of allylic oxidation sites excluding steroid dienone is 5. The van der Waals surface area contributed by atoms with Crippen LogP contribution >= 0.6 is 0 Å². The lowest BCUT2D eigenvalue weighted by molar-refractivity contribution is -0.137. The molecule has 1 aliphatic carbocycles. The molecule has 134 valence electrons. The maximum absolute atomic E-state index is 11.9. The molecule has 0 spiro atoms. The number of unbranched alkanes of at least 4 members (excludes halogenated alkanes) is 5. The largest absolute Gasteiger partial charge is 0.481 e. The van der Waals surface area contributed by atoms with E-state index in [1.54, 1.807) is 12.2 Å². The molecule has 24 heavy (non-hydrogen) atoms. The zero-order chi connectivity index (χ0) is 17.8. The maximum Gasteiger partial charge on any atom is 0.303 e. The van der Waals surface area contributed by atoms with Crippen LogP contribution in [-0.4, -0.2) is 28.1 Å². The van der Waals surface area contributed by atoms with Gasteiger partial charge in [-0.15, -0.1) is 0 Å². The molecule has 1 rings (SSSR count). The Balaban J connectivity index is 2.40. The molecule has 0 aromatic carbocycles. The van der Waals surface area contributed by atoms with E-state index in [1.165, 1.54) is 0 Å². The van der Waals surface area contributed by atoms with Gasteiger partial charge in [0.25, 0.3) is 0 Å². The number of aliphatic hydroxyl groups is 1. The Morgan fingerprint density at radius 3 is 2.75 bits per heavy atom. The summed E-state index contributed by atoms with van der Waals surface area (Å²) in [6, 6.07) is 0. The summed E-state index contributed by atoms with van der Waals surface area (Å²) in [4.78, 5) is 22.4. The average Bonchev–Trinajstić information content (AvgIpc) is 2.89. The van der Waals surface area contributed by atoms with Crippen LogP contribution in [0.25, 0.3) is 0 Å². The van der Waals surface area contributed by atoms with Crippen LogP contribution in [0.5, 0.6) is 0 Å². The quantitative estimate of drug-likeness (QED) is 0.319. The lowest BCUT2D eigenvalue weighted by atomic mass is 9.98. The van der Waals surface area contributed by atoms with E-state index in [0.29, 0.717) is 6.42 Å². The van der Waals surface area contributed by atoms with E-state index in [4.69, 9.17) is 5.11 Å². The fourth-order valence-electron chi connectivity index (χ4n) is 2.76. The minimum absolute atomic E-state index is 0.0376. The van der Waals surface area contributed by atoms with Gasteiger partial charge in [-0.1, -0.05) is 56.9 Å². The summed E-state index contributed by atoms with van der Waals surface area (Å²) >= 11 is 0. The number of aliphatic carboxylic acids is 1. The molecule has 4 heteroatoms. The molecule has 0 fully saturated rings. The number of rotatable bonds is 12. The summed E-state index contributed by atoms with van der Waals surface area (Å²) in [6.07, 6.45) is 16.1. The number of hydrogen-bond acceptors (Lipinski definition) is 3. The molecule has 0 unspecified atom stereocenters. The second-order valence-corrected chi connectivity index (χ2v) is 6.35. The molecule has 0 aromatic heterocycles. The van der Waals surface area contributed by atoms with Gasteiger partial charge < -0.3 is 10.2 Å². The molecule has 2 atom stereocenters. The number of ketones is 1. The molecule has 0 amide bonds. The predicted molar refractivity (Wildman–Crippen MR) is 95.7 cm³/mol. The van der Waals surface area contributed by atoms with Crippen molar-refractivity contribution < 1.29 is 19.8 Å². The summed E-state index contributed by atoms with van der Waals surface area (Å²) in [5.74, 6) is -0.765. The van der Waals surface area contributed by atoms with Crippen molar-refractivity contribution in [3.63, 3.8) is 0 Å². The van der Waals surface area contributed by atoms with Crippen LogP contribution in [0.15, 0.2) is 36.0 Å². The molecule has 0 aliphatic heterocycles. The van der Waals surface area contributed by atoms with Gasteiger partial charge in [0.05, 0.1) is 6.10 Å². The average molecular weight is 334 g/mol. The van der Waals surface area contributed by atoms with Gasteiger partial charge in [0.15, 0.2) is 5.78 Å². The van der Waals surface area contributed by atoms with Gasteiger partial charge in [0, 0.05) is 17.9 Å². The van der Waals surface area contributed by atoms with E-state index < -0.39 is 12.1 Å². The van der Waals surface area contributed by atoms with E-state index in [-0.39, 0.29) is 18.1 Å². The van der Waals surface area contributed by atoms with Crippen molar-refractivity contribution in [3.8, 4) is 0 Å². The standard InChI is InChI=1S/C20H30O4/c1-2-3-6-9-17(21)14-12-16-13-15-19(22)18(16)10-7-4-5-8-11-20(23)24/h10,12-17,21H,2-9,11H2,1H3,(H,23,24)/b14-12+,18-10+/t16-,17+/m1/s1. The Kier molecular flexibility index (Phi) is 10.0. The first-order valence-electron chi connectivity index (χ1n) is 9.05. The lowest BCUT2D eigenvalue weighted by Gasteiger charge is -2.08. The van der Waals surface area contributed by atoms with Crippen molar-refractivity contribution in [2.24, 2.45) is 5.92 Å². The zero-order valence-corrected chi connectivity index (χ0v) is 14.6. The molecule has 0 bridgehead atoms. The number of aliphatic hydroxyl groups excluding tert-OH is 1. The summed E-state index contributed by atoms with van der Waals surface area (Å²) in [7, 11) is 0. The van der Waals surface area contributed by atoms with Gasteiger partial charge in [-0.3, -0.25) is 9.59 Å². The van der Waals surface area contributed by atoms with E-state index in [2.05, 4.69) is 6.92 Å². The highest BCUT2D eigenvalue weighted by Crippen LogP contribution is 2.24. The van der Waals surface area contributed by atoms with E-state index >= 15 is 0 Å². The highest BCUT2D eigenvalue weighted by Gasteiger charge is 2.20. The van der Waals surface area contributed by atoms with E-state index in [0.717, 1.165) is 50.5 Å². The molecular weight excluding hydrogens is 304 g/mol. The molecule has 4 nitrogen and oxygen atoms in total. The van der Waals surface area contributed by atoms with Crippen LogP contribution in [-0.2, 0) is 9.59 Å². The van der Waals surface area contributed by atoms with Crippen molar-refractivity contribution in [2.45, 2.75) is 70.8 Å². The second kappa shape index (κ2) is 11.8. The predicted octanol–water partition coefficient (Wildman–Crippen LogP) is 4.20. The van der Waals surface area contributed by atoms with Crippen LogP contribution < -0.4 is 0 Å². The Hall–Kier alpha value is -1.68. The monoisotopic (exact) mass is 334 g/mol. The van der Waals surface area contributed by atoms with Crippen molar-refractivity contribution in [2.75, 3.05) is 0 Å². The summed E-state index contributed by atoms with van der Waals surface area (Å²) in [6.45, 7) is 2.13. The molecule has 0 aromatic rings. The van der Waals surface area contributed by atoms with Crippen molar-refractivity contribution in [1.29, 1.82) is 0 Å². The van der Waals surface area contributed by atoms with Gasteiger partial charge in [-0.2, -0.15) is 0 Å². The SMILES string of the molecule is CCCCC[C@H](O)/C=C/[C@@H]1C=CC(=O)/C1=C/CCCCCC(=O)O. The first kappa shape index (κ1) is 20.4. The van der Waals surface area contributed by atoms with Crippen LogP contribution in [0.4, 0.5) is 0 Å². The molecule has 2 N–H and O–H groups in total. The highest BCUT2D eigenvalue weighted by atomic mass is 16.4. The molecule has 0 saturated carbocycles. The topological polar surface area (TPSA) is 74.6 Å². The Bertz CT molecular complexity index is 488. The van der Waals surface area contributed by atoms with E-state index in [9.17, 15) is 14.7 Å².